The first-order valence-corrected chi connectivity index (χ1v) is 8.60. The minimum Gasteiger partial charge on any atom is -0.497 e. The molecule has 0 saturated heterocycles. The van der Waals surface area contributed by atoms with E-state index in [9.17, 15) is 22.0 Å². The van der Waals surface area contributed by atoms with E-state index >= 15 is 0 Å². The normalized spacial score (nSPS) is 15.2. The van der Waals surface area contributed by atoms with Crippen LogP contribution in [0.4, 0.5) is 22.0 Å². The molecule has 0 saturated carbocycles. The summed E-state index contributed by atoms with van der Waals surface area (Å²) in [6.45, 7) is 14.4. The molecule has 0 aromatic heterocycles. The largest absolute Gasteiger partial charge is 0.497 e. The smallest absolute Gasteiger partial charge is 0.425 e. The van der Waals surface area contributed by atoms with Gasteiger partial charge in [-0.1, -0.05) is 38.5 Å². The lowest BCUT2D eigenvalue weighted by Gasteiger charge is -2.23. The van der Waals surface area contributed by atoms with Crippen molar-refractivity contribution in [1.29, 1.82) is 0 Å². The van der Waals surface area contributed by atoms with Crippen molar-refractivity contribution in [2.75, 3.05) is 14.2 Å². The van der Waals surface area contributed by atoms with E-state index in [0.717, 1.165) is 18.2 Å². The maximum atomic E-state index is 14.3. The average molecular weight is 430 g/mol. The van der Waals surface area contributed by atoms with Crippen LogP contribution in [0, 0.1) is 0 Å². The third kappa shape index (κ3) is 7.09. The lowest BCUT2D eigenvalue weighted by Crippen LogP contribution is -2.23. The SMILES string of the molecule is C=C(/C=C(/OC)C(=C)C(=C)/C=C\C(=C)C(F)(F)OC1=CC=C(C(F)(F)F)CC1)OC. The second-order valence-corrected chi connectivity index (χ2v) is 6.19. The summed E-state index contributed by atoms with van der Waals surface area (Å²) in [6, 6.07) is 0. The Hall–Kier alpha value is -3.03. The number of methoxy groups -OCH3 is 2. The zero-order valence-electron chi connectivity index (χ0n) is 16.7. The number of ether oxygens (including phenoxy) is 3. The van der Waals surface area contributed by atoms with Gasteiger partial charge in [0.2, 0.25) is 0 Å². The van der Waals surface area contributed by atoms with Crippen molar-refractivity contribution in [2.45, 2.75) is 25.1 Å². The molecule has 0 N–H and O–H groups in total. The number of allylic oxidation sites excluding steroid dienone is 7. The molecule has 1 aliphatic rings. The van der Waals surface area contributed by atoms with Gasteiger partial charge in [0.25, 0.3) is 0 Å². The zero-order chi connectivity index (χ0) is 23.1. The van der Waals surface area contributed by atoms with Gasteiger partial charge in [0, 0.05) is 23.6 Å². The summed E-state index contributed by atoms with van der Waals surface area (Å²) in [5, 5.41) is 0. The van der Waals surface area contributed by atoms with E-state index in [1.54, 1.807) is 0 Å². The van der Waals surface area contributed by atoms with E-state index in [2.05, 4.69) is 31.1 Å². The fraction of sp³-hybridized carbons (Fsp3) is 0.273. The fourth-order valence-corrected chi connectivity index (χ4v) is 2.20. The Bertz CT molecular complexity index is 839. The summed E-state index contributed by atoms with van der Waals surface area (Å²) in [6.07, 6.45) is -3.78. The monoisotopic (exact) mass is 430 g/mol. The highest BCUT2D eigenvalue weighted by Gasteiger charge is 2.38. The molecular weight excluding hydrogens is 407 g/mol. The molecule has 0 spiro atoms. The van der Waals surface area contributed by atoms with Crippen LogP contribution in [0.15, 0.2) is 96.3 Å². The molecule has 30 heavy (non-hydrogen) atoms. The molecule has 0 radical (unpaired) electrons. The predicted molar refractivity (Wildman–Crippen MR) is 105 cm³/mol. The van der Waals surface area contributed by atoms with Gasteiger partial charge < -0.3 is 14.2 Å². The Balaban J connectivity index is 2.84. The van der Waals surface area contributed by atoms with E-state index in [0.29, 0.717) is 5.57 Å². The lowest BCUT2D eigenvalue weighted by atomic mass is 10.0. The number of hydrogen-bond acceptors (Lipinski definition) is 3. The zero-order valence-corrected chi connectivity index (χ0v) is 16.7. The molecule has 0 aromatic rings. The first kappa shape index (κ1) is 25.0. The van der Waals surface area contributed by atoms with Crippen LogP contribution in [0.1, 0.15) is 12.8 Å². The molecular formula is C22H23F5O3. The van der Waals surface area contributed by atoms with Crippen LogP contribution < -0.4 is 0 Å². The molecule has 0 fully saturated rings. The maximum absolute atomic E-state index is 14.3. The lowest BCUT2D eigenvalue weighted by molar-refractivity contribution is -0.181. The third-order valence-corrected chi connectivity index (χ3v) is 4.05. The van der Waals surface area contributed by atoms with Crippen LogP contribution in [0.25, 0.3) is 0 Å². The molecule has 1 aliphatic carbocycles. The Labute approximate surface area is 172 Å². The minimum atomic E-state index is -4.50. The van der Waals surface area contributed by atoms with E-state index in [1.165, 1.54) is 26.4 Å². The summed E-state index contributed by atoms with van der Waals surface area (Å²) >= 11 is 0. The molecule has 0 bridgehead atoms. The van der Waals surface area contributed by atoms with Gasteiger partial charge in [-0.3, -0.25) is 0 Å². The van der Waals surface area contributed by atoms with Gasteiger partial charge in [-0.05, 0) is 24.1 Å². The molecule has 0 unspecified atom stereocenters. The van der Waals surface area contributed by atoms with E-state index in [4.69, 9.17) is 9.47 Å². The van der Waals surface area contributed by atoms with Gasteiger partial charge in [0.15, 0.2) is 0 Å². The predicted octanol–water partition coefficient (Wildman–Crippen LogP) is 6.68. The molecule has 0 aliphatic heterocycles. The van der Waals surface area contributed by atoms with Crippen LogP contribution in [0.3, 0.4) is 0 Å². The van der Waals surface area contributed by atoms with E-state index in [1.807, 2.05) is 0 Å². The van der Waals surface area contributed by atoms with Gasteiger partial charge >= 0.3 is 12.3 Å². The second-order valence-electron chi connectivity index (χ2n) is 6.19. The van der Waals surface area contributed by atoms with E-state index < -0.39 is 29.9 Å². The maximum Gasteiger partial charge on any atom is 0.425 e. The standard InChI is InChI=1S/C22H23F5O3/c1-14(17(4)20(29-6)13-16(3)28-5)7-8-15(2)22(26,27)30-19-11-9-18(10-12-19)21(23,24)25/h7-9,11,13H,1-4,10,12H2,5-6H3/b8-7-,20-13+. The Morgan fingerprint density at radius 3 is 2.03 bits per heavy atom. The fourth-order valence-electron chi connectivity index (χ4n) is 2.20. The first-order valence-electron chi connectivity index (χ1n) is 8.60. The van der Waals surface area contributed by atoms with Gasteiger partial charge in [0.1, 0.15) is 17.3 Å². The van der Waals surface area contributed by atoms with Crippen LogP contribution in [-0.2, 0) is 14.2 Å². The Morgan fingerprint density at radius 2 is 1.57 bits per heavy atom. The number of hydrogen-bond donors (Lipinski definition) is 0. The van der Waals surface area contributed by atoms with Gasteiger partial charge in [-0.25, -0.2) is 0 Å². The molecule has 0 aromatic carbocycles. The number of halogens is 5. The topological polar surface area (TPSA) is 27.7 Å². The van der Waals surface area contributed by atoms with Crippen LogP contribution in [-0.4, -0.2) is 26.5 Å². The van der Waals surface area contributed by atoms with Crippen molar-refractivity contribution < 1.29 is 36.2 Å². The van der Waals surface area contributed by atoms with Gasteiger partial charge in [-0.2, -0.15) is 22.0 Å². The second kappa shape index (κ2) is 10.1. The van der Waals surface area contributed by atoms with Gasteiger partial charge in [0.05, 0.1) is 19.8 Å². The minimum absolute atomic E-state index is 0.249. The molecule has 0 atom stereocenters. The van der Waals surface area contributed by atoms with Crippen LogP contribution >= 0.6 is 0 Å². The molecule has 8 heteroatoms. The highest BCUT2D eigenvalue weighted by molar-refractivity contribution is 5.48. The van der Waals surface area contributed by atoms with Gasteiger partial charge in [-0.15, -0.1) is 0 Å². The van der Waals surface area contributed by atoms with Crippen LogP contribution in [0.5, 0.6) is 0 Å². The molecule has 3 nitrogen and oxygen atoms in total. The van der Waals surface area contributed by atoms with Crippen molar-refractivity contribution in [2.24, 2.45) is 0 Å². The third-order valence-electron chi connectivity index (χ3n) is 4.05. The Morgan fingerprint density at radius 1 is 0.933 bits per heavy atom. The van der Waals surface area contributed by atoms with Crippen molar-refractivity contribution in [1.82, 2.24) is 0 Å². The highest BCUT2D eigenvalue weighted by atomic mass is 19.4. The van der Waals surface area contributed by atoms with E-state index in [-0.39, 0.29) is 29.3 Å². The number of alkyl halides is 5. The quantitative estimate of drug-likeness (QED) is 0.220. The van der Waals surface area contributed by atoms with Crippen molar-refractivity contribution in [3.8, 4) is 0 Å². The van der Waals surface area contributed by atoms with Crippen molar-refractivity contribution in [3.63, 3.8) is 0 Å². The first-order chi connectivity index (χ1) is 13.8. The molecule has 164 valence electrons. The Kier molecular flexibility index (Phi) is 8.45. The summed E-state index contributed by atoms with van der Waals surface area (Å²) in [4.78, 5) is 0. The summed E-state index contributed by atoms with van der Waals surface area (Å²) in [5.74, 6) is 0.288. The summed E-state index contributed by atoms with van der Waals surface area (Å²) in [7, 11) is 2.80. The van der Waals surface area contributed by atoms with Crippen LogP contribution in [0.2, 0.25) is 0 Å². The molecule has 0 amide bonds. The highest BCUT2D eigenvalue weighted by Crippen LogP contribution is 2.36. The molecule has 1 rings (SSSR count). The average Bonchev–Trinajstić information content (AvgIpc) is 2.68. The number of rotatable bonds is 10. The molecule has 0 heterocycles. The summed E-state index contributed by atoms with van der Waals surface area (Å²) < 4.78 is 80.9. The van der Waals surface area contributed by atoms with Crippen molar-refractivity contribution >= 4 is 0 Å². The summed E-state index contributed by atoms with van der Waals surface area (Å²) in [5.41, 5.74) is -0.973. The van der Waals surface area contributed by atoms with Crippen molar-refractivity contribution in [3.05, 3.63) is 96.3 Å².